The minimum atomic E-state index is 0. The number of pyridine rings is 1. The molecule has 2 aliphatic rings. The van der Waals surface area contributed by atoms with E-state index in [1.165, 1.54) is 5.56 Å². The number of benzene rings is 6. The molecule has 6 aromatic carbocycles. The first-order valence-corrected chi connectivity index (χ1v) is 16.7. The van der Waals surface area contributed by atoms with Gasteiger partial charge in [0.2, 0.25) is 0 Å². The molecule has 8 heteroatoms. The first-order chi connectivity index (χ1) is 25.1. The van der Waals surface area contributed by atoms with Crippen LogP contribution in [0.15, 0.2) is 138 Å². The van der Waals surface area contributed by atoms with E-state index in [0.717, 1.165) is 84.3 Å². The molecule has 3 aromatic heterocycles. The summed E-state index contributed by atoms with van der Waals surface area (Å²) in [6, 6.07) is 48.7. The van der Waals surface area contributed by atoms with Crippen LogP contribution in [0.25, 0.3) is 55.6 Å². The predicted molar refractivity (Wildman–Crippen MR) is 200 cm³/mol. The molecule has 0 aliphatic carbocycles. The van der Waals surface area contributed by atoms with Gasteiger partial charge in [-0.15, -0.1) is 54.1 Å². The van der Waals surface area contributed by atoms with E-state index in [1.807, 2.05) is 117 Å². The average Bonchev–Trinajstić information content (AvgIpc) is 3.73. The second-order valence-electron chi connectivity index (χ2n) is 12.6. The normalized spacial score (nSPS) is 12.2. The largest absolute Gasteiger partial charge is 0.497 e. The summed E-state index contributed by atoms with van der Waals surface area (Å²) in [5, 5.41) is 1.98. The Morgan fingerprint density at radius 2 is 1.44 bits per heavy atom. The number of nitrogens with zero attached hydrogens (tertiary/aromatic N) is 4. The molecule has 11 rings (SSSR count). The third-order valence-electron chi connectivity index (χ3n) is 9.41. The predicted octanol–water partition coefficient (Wildman–Crippen LogP) is 11.5. The summed E-state index contributed by atoms with van der Waals surface area (Å²) in [7, 11) is 2.02. The van der Waals surface area contributed by atoms with Crippen LogP contribution in [-0.2, 0) is 27.2 Å². The Morgan fingerprint density at radius 1 is 0.654 bits per heavy atom. The Bertz CT molecular complexity index is 2790. The minimum absolute atomic E-state index is 0. The molecule has 7 nitrogen and oxygen atoms in total. The summed E-state index contributed by atoms with van der Waals surface area (Å²) in [4.78, 5) is 11.4. The number of aryl methyl sites for hydroxylation is 2. The molecule has 253 valence electrons. The summed E-state index contributed by atoms with van der Waals surface area (Å²) in [5.74, 6) is 3.77. The van der Waals surface area contributed by atoms with E-state index in [9.17, 15) is 0 Å². The molecular weight excluding hydrogens is 825 g/mol. The number of rotatable bonds is 2. The van der Waals surface area contributed by atoms with Gasteiger partial charge in [0.1, 0.15) is 5.69 Å². The molecule has 9 aromatic rings. The van der Waals surface area contributed by atoms with E-state index in [2.05, 4.69) is 56.9 Å². The minimum Gasteiger partial charge on any atom is -0.497 e. The number of fused-ring (bicyclic) bond motifs is 9. The third-order valence-corrected chi connectivity index (χ3v) is 9.41. The number of hydrogen-bond donors (Lipinski definition) is 0. The number of furan rings is 1. The molecule has 0 atom stereocenters. The van der Waals surface area contributed by atoms with E-state index < -0.39 is 0 Å². The van der Waals surface area contributed by atoms with Gasteiger partial charge in [-0.05, 0) is 66.7 Å². The number of anilines is 3. The topological polar surface area (TPSA) is 65.6 Å². The van der Waals surface area contributed by atoms with Gasteiger partial charge >= 0.3 is 0 Å². The van der Waals surface area contributed by atoms with Crippen LogP contribution in [0.5, 0.6) is 23.0 Å². The van der Waals surface area contributed by atoms with Crippen molar-refractivity contribution in [3.05, 3.63) is 151 Å². The van der Waals surface area contributed by atoms with Crippen LogP contribution >= 0.6 is 0 Å². The van der Waals surface area contributed by atoms with Crippen LogP contribution in [0.1, 0.15) is 5.56 Å². The van der Waals surface area contributed by atoms with Crippen LogP contribution in [-0.4, -0.2) is 14.5 Å². The van der Waals surface area contributed by atoms with Crippen molar-refractivity contribution in [1.29, 1.82) is 0 Å². The third kappa shape index (κ3) is 4.99. The van der Waals surface area contributed by atoms with E-state index >= 15 is 0 Å². The van der Waals surface area contributed by atoms with Gasteiger partial charge in [-0.2, -0.15) is 0 Å². The molecule has 0 amide bonds. The zero-order valence-electron chi connectivity index (χ0n) is 28.0. The molecule has 0 unspecified atom stereocenters. The van der Waals surface area contributed by atoms with Crippen molar-refractivity contribution in [3.63, 3.8) is 0 Å². The Morgan fingerprint density at radius 3 is 2.27 bits per heavy atom. The molecule has 52 heavy (non-hydrogen) atoms. The molecule has 1 radical (unpaired) electrons. The smallest absolute Gasteiger partial charge is 0.193 e. The van der Waals surface area contributed by atoms with Gasteiger partial charge in [0.05, 0.1) is 33.8 Å². The van der Waals surface area contributed by atoms with Gasteiger partial charge in [-0.1, -0.05) is 53.4 Å². The van der Waals surface area contributed by atoms with E-state index in [1.54, 1.807) is 0 Å². The van der Waals surface area contributed by atoms with Gasteiger partial charge in [0.25, 0.3) is 0 Å². The van der Waals surface area contributed by atoms with E-state index in [4.69, 9.17) is 18.9 Å². The Hall–Kier alpha value is -6.21. The fourth-order valence-corrected chi connectivity index (χ4v) is 6.97. The zero-order valence-corrected chi connectivity index (χ0v) is 30.4. The van der Waals surface area contributed by atoms with Gasteiger partial charge < -0.3 is 23.4 Å². The number of para-hydroxylation sites is 5. The molecular formula is C44H28IrN4O3-2. The van der Waals surface area contributed by atoms with Gasteiger partial charge in [-0.25, -0.2) is 0 Å². The van der Waals surface area contributed by atoms with Crippen molar-refractivity contribution in [1.82, 2.24) is 14.5 Å². The van der Waals surface area contributed by atoms with Crippen LogP contribution in [0.3, 0.4) is 0 Å². The monoisotopic (exact) mass is 853 g/mol. The van der Waals surface area contributed by atoms with Gasteiger partial charge in [0.15, 0.2) is 28.6 Å². The molecule has 2 aliphatic heterocycles. The summed E-state index contributed by atoms with van der Waals surface area (Å²) in [6.07, 6.45) is 1.87. The van der Waals surface area contributed by atoms with Crippen molar-refractivity contribution >= 4 is 50.0 Å². The number of hydrogen-bond acceptors (Lipinski definition) is 6. The summed E-state index contributed by atoms with van der Waals surface area (Å²) >= 11 is 0. The standard InChI is InChI=1S/C32H18N3O3.C12H10N.Ir/c1-34-22-11-3-2-10-21(22)33-32(34)20-9-6-8-18-19-16-17-24-31(30(19)38-29(18)20)37-27-15-7-14-26-28(27)35(24)23-12-4-5-13-25(23)36-26;1-10-7-8-12(13-9-10)11-5-3-2-4-6-11;/h2-8,10-17H,1H3;2-5,7-9H,1H3;/q2*-1;. The Kier molecular flexibility index (Phi) is 7.65. The Balaban J connectivity index is 0.000000219. The number of ether oxygens (including phenoxy) is 2. The quantitative estimate of drug-likeness (QED) is 0.161. The molecule has 0 spiro atoms. The van der Waals surface area contributed by atoms with Crippen molar-refractivity contribution in [2.45, 2.75) is 6.92 Å². The van der Waals surface area contributed by atoms with E-state index in [0.29, 0.717) is 11.3 Å². The maximum absolute atomic E-state index is 6.66. The molecule has 5 heterocycles. The van der Waals surface area contributed by atoms with E-state index in [-0.39, 0.29) is 20.1 Å². The first kappa shape index (κ1) is 31.7. The van der Waals surface area contributed by atoms with Crippen LogP contribution in [0.4, 0.5) is 17.1 Å². The molecule has 0 bridgehead atoms. The molecule has 0 saturated carbocycles. The summed E-state index contributed by atoms with van der Waals surface area (Å²) in [6.45, 7) is 2.03. The van der Waals surface area contributed by atoms with Crippen LogP contribution in [0, 0.1) is 19.1 Å². The second kappa shape index (κ2) is 12.5. The maximum Gasteiger partial charge on any atom is 0.193 e. The Labute approximate surface area is 313 Å². The zero-order chi connectivity index (χ0) is 34.1. The SMILES string of the molecule is Cc1ccc(-c2[c-]cccc2)nc1.Cn1c(-c2[c-]ccc3c2oc2c4c(ccc23)N2c3ccccc3Oc3cccc(c32)O4)nc2ccccc21.[Ir]. The van der Waals surface area contributed by atoms with Gasteiger partial charge in [0, 0.05) is 38.7 Å². The van der Waals surface area contributed by atoms with Crippen molar-refractivity contribution in [3.8, 4) is 45.6 Å². The summed E-state index contributed by atoms with van der Waals surface area (Å²) < 4.78 is 21.5. The van der Waals surface area contributed by atoms with Crippen molar-refractivity contribution in [2.75, 3.05) is 4.90 Å². The summed E-state index contributed by atoms with van der Waals surface area (Å²) in [5.41, 5.74) is 10.2. The average molecular weight is 853 g/mol. The molecule has 0 N–H and O–H groups in total. The molecule has 0 fully saturated rings. The van der Waals surface area contributed by atoms with Crippen LogP contribution in [0.2, 0.25) is 0 Å². The van der Waals surface area contributed by atoms with Crippen molar-refractivity contribution in [2.24, 2.45) is 7.05 Å². The second-order valence-corrected chi connectivity index (χ2v) is 12.6. The van der Waals surface area contributed by atoms with Crippen molar-refractivity contribution < 1.29 is 34.0 Å². The fourth-order valence-electron chi connectivity index (χ4n) is 6.97. The first-order valence-electron chi connectivity index (χ1n) is 16.7. The van der Waals surface area contributed by atoms with Gasteiger partial charge in [-0.3, -0.25) is 9.88 Å². The number of aromatic nitrogens is 3. The molecule has 0 saturated heterocycles. The number of imidazole rings is 1. The van der Waals surface area contributed by atoms with Crippen LogP contribution < -0.4 is 14.4 Å². The fraction of sp³-hybridized carbons (Fsp3) is 0.0455. The maximum atomic E-state index is 6.66.